The molecular weight excluding hydrogens is 458 g/mol. The Balaban J connectivity index is 1.41. The summed E-state index contributed by atoms with van der Waals surface area (Å²) in [7, 11) is 0. The van der Waals surface area contributed by atoms with Crippen LogP contribution in [-0.2, 0) is 11.3 Å². The number of benzene rings is 3. The summed E-state index contributed by atoms with van der Waals surface area (Å²) in [5.41, 5.74) is 7.28. The van der Waals surface area contributed by atoms with Gasteiger partial charge in [-0.1, -0.05) is 35.9 Å². The number of aromatic nitrogens is 2. The van der Waals surface area contributed by atoms with E-state index < -0.39 is 0 Å². The Labute approximate surface area is 211 Å². The predicted octanol–water partition coefficient (Wildman–Crippen LogP) is 6.52. The van der Waals surface area contributed by atoms with Gasteiger partial charge in [0, 0.05) is 29.6 Å². The highest BCUT2D eigenvalue weighted by Gasteiger charge is 2.35. The molecule has 1 unspecified atom stereocenters. The smallest absolute Gasteiger partial charge is 0.227 e. The second-order valence-corrected chi connectivity index (χ2v) is 9.90. The van der Waals surface area contributed by atoms with Crippen molar-refractivity contribution in [3.63, 3.8) is 0 Å². The number of anilines is 1. The SMILES string of the molecule is Cc1ccc(C)c(N2CC(c3nc4ccccc4n3CCOc3cc(C)c(Cl)c(C)c3)CC2=O)c1. The average molecular weight is 488 g/mol. The van der Waals surface area contributed by atoms with Gasteiger partial charge in [-0.2, -0.15) is 0 Å². The van der Waals surface area contributed by atoms with E-state index in [-0.39, 0.29) is 11.8 Å². The Hall–Kier alpha value is -3.31. The van der Waals surface area contributed by atoms with Gasteiger partial charge in [-0.05, 0) is 80.3 Å². The summed E-state index contributed by atoms with van der Waals surface area (Å²) in [5.74, 6) is 1.92. The highest BCUT2D eigenvalue weighted by molar-refractivity contribution is 6.32. The monoisotopic (exact) mass is 487 g/mol. The van der Waals surface area contributed by atoms with E-state index in [1.807, 2.05) is 49.1 Å². The fraction of sp³-hybridized carbons (Fsp3) is 0.310. The van der Waals surface area contributed by atoms with E-state index in [2.05, 4.69) is 42.7 Å². The number of amides is 1. The van der Waals surface area contributed by atoms with Crippen LogP contribution in [0, 0.1) is 27.7 Å². The van der Waals surface area contributed by atoms with Crippen LogP contribution in [0.25, 0.3) is 11.0 Å². The summed E-state index contributed by atoms with van der Waals surface area (Å²) in [6.07, 6.45) is 0.452. The minimum absolute atomic E-state index is 0.0230. The zero-order valence-corrected chi connectivity index (χ0v) is 21.4. The van der Waals surface area contributed by atoms with Crippen molar-refractivity contribution in [3.05, 3.63) is 87.7 Å². The summed E-state index contributed by atoms with van der Waals surface area (Å²) < 4.78 is 8.34. The van der Waals surface area contributed by atoms with Gasteiger partial charge in [0.15, 0.2) is 0 Å². The molecule has 0 N–H and O–H groups in total. The van der Waals surface area contributed by atoms with Crippen LogP contribution in [0.15, 0.2) is 54.6 Å². The first kappa shape index (κ1) is 23.4. The van der Waals surface area contributed by atoms with Crippen LogP contribution in [0.5, 0.6) is 5.75 Å². The molecule has 1 amide bonds. The van der Waals surface area contributed by atoms with Gasteiger partial charge in [0.05, 0.1) is 17.6 Å². The maximum absolute atomic E-state index is 13.1. The molecule has 0 bridgehead atoms. The summed E-state index contributed by atoms with van der Waals surface area (Å²) in [5, 5.41) is 0.777. The highest BCUT2D eigenvalue weighted by atomic mass is 35.5. The summed E-state index contributed by atoms with van der Waals surface area (Å²) in [6, 6.07) is 18.4. The molecule has 0 saturated carbocycles. The minimum atomic E-state index is 0.0230. The number of hydrogen-bond acceptors (Lipinski definition) is 3. The van der Waals surface area contributed by atoms with Crippen molar-refractivity contribution in [2.24, 2.45) is 0 Å². The van der Waals surface area contributed by atoms with Crippen LogP contribution in [0.1, 0.15) is 40.4 Å². The molecule has 3 aromatic carbocycles. The summed E-state index contributed by atoms with van der Waals surface area (Å²) in [4.78, 5) is 20.0. The van der Waals surface area contributed by atoms with E-state index in [9.17, 15) is 4.79 Å². The lowest BCUT2D eigenvalue weighted by Gasteiger charge is -2.20. The number of carbonyl (C=O) groups excluding carboxylic acids is 1. The number of imidazole rings is 1. The first-order valence-corrected chi connectivity index (χ1v) is 12.4. The number of fused-ring (bicyclic) bond motifs is 1. The number of para-hydroxylation sites is 2. The first-order valence-electron chi connectivity index (χ1n) is 12.0. The lowest BCUT2D eigenvalue weighted by molar-refractivity contribution is -0.117. The van der Waals surface area contributed by atoms with E-state index in [0.29, 0.717) is 26.1 Å². The van der Waals surface area contributed by atoms with Crippen LogP contribution in [0.3, 0.4) is 0 Å². The van der Waals surface area contributed by atoms with Crippen molar-refractivity contribution >= 4 is 34.2 Å². The molecule has 1 aliphatic heterocycles. The van der Waals surface area contributed by atoms with Gasteiger partial charge in [0.25, 0.3) is 0 Å². The van der Waals surface area contributed by atoms with Crippen LogP contribution in [0.2, 0.25) is 5.02 Å². The molecule has 1 fully saturated rings. The summed E-state index contributed by atoms with van der Waals surface area (Å²) >= 11 is 6.31. The van der Waals surface area contributed by atoms with Crippen molar-refractivity contribution in [3.8, 4) is 5.75 Å². The molecule has 1 atom stereocenters. The van der Waals surface area contributed by atoms with Crippen LogP contribution in [-0.4, -0.2) is 28.6 Å². The van der Waals surface area contributed by atoms with E-state index in [4.69, 9.17) is 21.3 Å². The molecule has 2 heterocycles. The van der Waals surface area contributed by atoms with E-state index >= 15 is 0 Å². The molecule has 0 radical (unpaired) electrons. The fourth-order valence-corrected chi connectivity index (χ4v) is 5.12. The maximum Gasteiger partial charge on any atom is 0.227 e. The number of halogens is 1. The minimum Gasteiger partial charge on any atom is -0.492 e. The second-order valence-electron chi connectivity index (χ2n) is 9.53. The van der Waals surface area contributed by atoms with Gasteiger partial charge in [-0.15, -0.1) is 0 Å². The third-order valence-corrected chi connectivity index (χ3v) is 7.42. The standard InChI is InChI=1S/C29H30ClN3O2/c1-18-9-10-19(2)26(13-18)33-17-22(16-27(33)34)29-31-24-7-5-6-8-25(24)32(29)11-12-35-23-14-20(3)28(30)21(4)15-23/h5-10,13-15,22H,11-12,16-17H2,1-4H3. The van der Waals surface area contributed by atoms with Gasteiger partial charge in [-0.25, -0.2) is 4.98 Å². The number of carbonyl (C=O) groups is 1. The van der Waals surface area contributed by atoms with Gasteiger partial charge in [0.2, 0.25) is 5.91 Å². The Morgan fingerprint density at radius 2 is 1.74 bits per heavy atom. The third-order valence-electron chi connectivity index (χ3n) is 6.82. The van der Waals surface area contributed by atoms with Crippen LogP contribution >= 0.6 is 11.6 Å². The molecule has 0 aliphatic carbocycles. The van der Waals surface area contributed by atoms with Crippen molar-refractivity contribution in [1.29, 1.82) is 0 Å². The molecule has 35 heavy (non-hydrogen) atoms. The van der Waals surface area contributed by atoms with Crippen molar-refractivity contribution in [2.75, 3.05) is 18.1 Å². The van der Waals surface area contributed by atoms with Crippen molar-refractivity contribution in [1.82, 2.24) is 9.55 Å². The summed E-state index contributed by atoms with van der Waals surface area (Å²) in [6.45, 7) is 9.86. The molecule has 5 nitrogen and oxygen atoms in total. The van der Waals surface area contributed by atoms with Crippen molar-refractivity contribution < 1.29 is 9.53 Å². The molecule has 1 saturated heterocycles. The van der Waals surface area contributed by atoms with Crippen molar-refractivity contribution in [2.45, 2.75) is 46.6 Å². The van der Waals surface area contributed by atoms with E-state index in [0.717, 1.165) is 55.6 Å². The Morgan fingerprint density at radius 3 is 2.51 bits per heavy atom. The van der Waals surface area contributed by atoms with E-state index in [1.54, 1.807) is 0 Å². The molecular formula is C29H30ClN3O2. The number of ether oxygens (including phenoxy) is 1. The molecule has 180 valence electrons. The van der Waals surface area contributed by atoms with Gasteiger partial charge in [-0.3, -0.25) is 4.79 Å². The highest BCUT2D eigenvalue weighted by Crippen LogP contribution is 2.35. The average Bonchev–Trinajstić information content (AvgIpc) is 3.39. The Bertz CT molecular complexity index is 1400. The van der Waals surface area contributed by atoms with Gasteiger partial charge in [0.1, 0.15) is 18.2 Å². The zero-order valence-electron chi connectivity index (χ0n) is 20.6. The normalized spacial score (nSPS) is 15.9. The third kappa shape index (κ3) is 4.53. The van der Waals surface area contributed by atoms with Crippen LogP contribution < -0.4 is 9.64 Å². The topological polar surface area (TPSA) is 47.4 Å². The molecule has 1 aromatic heterocycles. The van der Waals surface area contributed by atoms with Gasteiger partial charge >= 0.3 is 0 Å². The molecule has 0 spiro atoms. The van der Waals surface area contributed by atoms with E-state index in [1.165, 1.54) is 0 Å². The van der Waals surface area contributed by atoms with Crippen LogP contribution in [0.4, 0.5) is 5.69 Å². The predicted molar refractivity (Wildman–Crippen MR) is 142 cm³/mol. The lowest BCUT2D eigenvalue weighted by Crippen LogP contribution is -2.25. The first-order chi connectivity index (χ1) is 16.8. The zero-order chi connectivity index (χ0) is 24.7. The molecule has 6 heteroatoms. The molecule has 1 aliphatic rings. The number of aryl methyl sites for hydroxylation is 4. The maximum atomic E-state index is 13.1. The number of rotatable bonds is 6. The fourth-order valence-electron chi connectivity index (χ4n) is 5.01. The Kier molecular flexibility index (Phi) is 6.28. The number of hydrogen-bond donors (Lipinski definition) is 0. The largest absolute Gasteiger partial charge is 0.492 e. The molecule has 4 aromatic rings. The molecule has 5 rings (SSSR count). The lowest BCUT2D eigenvalue weighted by atomic mass is 10.1. The Morgan fingerprint density at radius 1 is 1.00 bits per heavy atom. The second kappa shape index (κ2) is 9.38. The number of nitrogens with zero attached hydrogens (tertiary/aromatic N) is 3. The van der Waals surface area contributed by atoms with Gasteiger partial charge < -0.3 is 14.2 Å². The quantitative estimate of drug-likeness (QED) is 0.311.